The van der Waals surface area contributed by atoms with Crippen molar-refractivity contribution < 1.29 is 14.7 Å². The topological polar surface area (TPSA) is 66.4 Å². The SMILES string of the molecule is O=C1[C@@H]2C[C@@H]3[C@H]1[C@@]3(C(=O)N[C@@H](CO)Cc1ccccc1)C2. The number of carbonyl (C=O) groups excluding carboxylic acids is 2. The van der Waals surface area contributed by atoms with Crippen molar-refractivity contribution in [2.45, 2.75) is 25.3 Å². The van der Waals surface area contributed by atoms with Crippen LogP contribution in [-0.4, -0.2) is 29.4 Å². The second kappa shape index (κ2) is 4.41. The predicted molar refractivity (Wildman–Crippen MR) is 76.3 cm³/mol. The van der Waals surface area contributed by atoms with E-state index in [0.717, 1.165) is 18.4 Å². The van der Waals surface area contributed by atoms with Crippen LogP contribution in [0.1, 0.15) is 18.4 Å². The summed E-state index contributed by atoms with van der Waals surface area (Å²) >= 11 is 0. The maximum atomic E-state index is 12.6. The molecule has 4 heteroatoms. The van der Waals surface area contributed by atoms with Gasteiger partial charge in [-0.15, -0.1) is 0 Å². The molecular weight excluding hydrogens is 266 g/mol. The average molecular weight is 285 g/mol. The van der Waals surface area contributed by atoms with Gasteiger partial charge in [0.15, 0.2) is 0 Å². The molecule has 1 amide bonds. The fourth-order valence-corrected chi connectivity index (χ4v) is 4.65. The van der Waals surface area contributed by atoms with Gasteiger partial charge in [-0.2, -0.15) is 0 Å². The molecule has 2 N–H and O–H groups in total. The number of Topliss-reactive ketones (excluding diaryl/α,β-unsaturated/α-hetero) is 1. The molecule has 0 saturated heterocycles. The van der Waals surface area contributed by atoms with E-state index in [0.29, 0.717) is 12.2 Å². The molecule has 5 atom stereocenters. The van der Waals surface area contributed by atoms with Crippen LogP contribution in [0.4, 0.5) is 0 Å². The van der Waals surface area contributed by atoms with Gasteiger partial charge in [0.2, 0.25) is 5.91 Å². The van der Waals surface area contributed by atoms with E-state index in [4.69, 9.17) is 0 Å². The number of amides is 1. The first-order chi connectivity index (χ1) is 10.2. The summed E-state index contributed by atoms with van der Waals surface area (Å²) in [7, 11) is 0. The van der Waals surface area contributed by atoms with Gasteiger partial charge >= 0.3 is 0 Å². The van der Waals surface area contributed by atoms with Crippen molar-refractivity contribution >= 4 is 11.7 Å². The number of carbonyl (C=O) groups is 2. The smallest absolute Gasteiger partial charge is 0.227 e. The highest BCUT2D eigenvalue weighted by Crippen LogP contribution is 2.77. The van der Waals surface area contributed by atoms with Gasteiger partial charge in [-0.1, -0.05) is 30.3 Å². The van der Waals surface area contributed by atoms with Crippen LogP contribution in [0.15, 0.2) is 30.3 Å². The standard InChI is InChI=1S/C17H19NO3/c19-9-12(6-10-4-2-1-3-5-10)18-16(21)17-8-11-7-13(17)14(17)15(11)20/h1-5,11-14,19H,6-9H2,(H,18,21)/t11-,12-,13-,14-,17-/m1/s1. The number of hydrogen-bond acceptors (Lipinski definition) is 3. The summed E-state index contributed by atoms with van der Waals surface area (Å²) < 4.78 is 0. The zero-order chi connectivity index (χ0) is 14.6. The average Bonchev–Trinajstić information content (AvgIpc) is 2.79. The van der Waals surface area contributed by atoms with Crippen LogP contribution in [0.25, 0.3) is 0 Å². The Hall–Kier alpha value is -1.68. The Labute approximate surface area is 123 Å². The number of aliphatic hydroxyl groups excluding tert-OH is 1. The number of hydrogen-bond donors (Lipinski definition) is 2. The fourth-order valence-electron chi connectivity index (χ4n) is 4.65. The van der Waals surface area contributed by atoms with Gasteiger partial charge in [-0.3, -0.25) is 9.59 Å². The van der Waals surface area contributed by atoms with Gasteiger partial charge in [0.05, 0.1) is 18.1 Å². The maximum Gasteiger partial charge on any atom is 0.227 e. The molecule has 0 spiro atoms. The Morgan fingerprint density at radius 2 is 2.14 bits per heavy atom. The number of ketones is 1. The molecule has 4 nitrogen and oxygen atoms in total. The summed E-state index contributed by atoms with van der Waals surface area (Å²) in [6.07, 6.45) is 2.25. The molecule has 110 valence electrons. The first kappa shape index (κ1) is 13.0. The molecule has 4 saturated carbocycles. The van der Waals surface area contributed by atoms with Crippen molar-refractivity contribution in [2.75, 3.05) is 6.61 Å². The lowest BCUT2D eigenvalue weighted by Crippen LogP contribution is -2.43. The van der Waals surface area contributed by atoms with Crippen molar-refractivity contribution in [3.8, 4) is 0 Å². The molecule has 0 aromatic heterocycles. The van der Waals surface area contributed by atoms with Gasteiger partial charge in [0.25, 0.3) is 0 Å². The zero-order valence-corrected chi connectivity index (χ0v) is 11.8. The molecule has 1 aromatic rings. The molecule has 0 aliphatic heterocycles. The summed E-state index contributed by atoms with van der Waals surface area (Å²) in [5, 5.41) is 12.5. The normalized spacial score (nSPS) is 36.6. The van der Waals surface area contributed by atoms with Crippen molar-refractivity contribution in [1.29, 1.82) is 0 Å². The van der Waals surface area contributed by atoms with E-state index in [9.17, 15) is 14.7 Å². The van der Waals surface area contributed by atoms with Gasteiger partial charge in [-0.25, -0.2) is 0 Å². The highest BCUT2D eigenvalue weighted by Gasteiger charge is 2.82. The first-order valence-corrected chi connectivity index (χ1v) is 7.66. The van der Waals surface area contributed by atoms with Crippen molar-refractivity contribution in [3.05, 3.63) is 35.9 Å². The number of benzene rings is 1. The second-order valence-electron chi connectivity index (χ2n) is 6.71. The quantitative estimate of drug-likeness (QED) is 0.846. The second-order valence-corrected chi connectivity index (χ2v) is 6.71. The lowest BCUT2D eigenvalue weighted by atomic mass is 10.0. The van der Waals surface area contributed by atoms with Gasteiger partial charge in [0, 0.05) is 11.8 Å². The highest BCUT2D eigenvalue weighted by atomic mass is 16.3. The van der Waals surface area contributed by atoms with Crippen LogP contribution in [-0.2, 0) is 16.0 Å². The van der Waals surface area contributed by atoms with Crippen molar-refractivity contribution in [2.24, 2.45) is 23.2 Å². The molecule has 4 fully saturated rings. The summed E-state index contributed by atoms with van der Waals surface area (Å²) in [6, 6.07) is 9.55. The van der Waals surface area contributed by atoms with Crippen LogP contribution in [0.2, 0.25) is 0 Å². The van der Waals surface area contributed by atoms with E-state index in [1.165, 1.54) is 0 Å². The summed E-state index contributed by atoms with van der Waals surface area (Å²) in [4.78, 5) is 24.5. The van der Waals surface area contributed by atoms with E-state index >= 15 is 0 Å². The molecular formula is C17H19NO3. The van der Waals surface area contributed by atoms with Crippen molar-refractivity contribution in [1.82, 2.24) is 5.32 Å². The highest BCUT2D eigenvalue weighted by molar-refractivity contribution is 6.04. The zero-order valence-electron chi connectivity index (χ0n) is 11.8. The first-order valence-electron chi connectivity index (χ1n) is 7.66. The Bertz CT molecular complexity index is 599. The summed E-state index contributed by atoms with van der Waals surface area (Å²) in [5.74, 6) is 0.691. The van der Waals surface area contributed by atoms with E-state index < -0.39 is 5.41 Å². The van der Waals surface area contributed by atoms with E-state index in [1.807, 2.05) is 30.3 Å². The minimum Gasteiger partial charge on any atom is -0.394 e. The largest absolute Gasteiger partial charge is 0.394 e. The van der Waals surface area contributed by atoms with Crippen molar-refractivity contribution in [3.63, 3.8) is 0 Å². The Morgan fingerprint density at radius 3 is 2.67 bits per heavy atom. The van der Waals surface area contributed by atoms with Crippen LogP contribution >= 0.6 is 0 Å². The molecule has 21 heavy (non-hydrogen) atoms. The molecule has 4 bridgehead atoms. The molecule has 4 aliphatic rings. The minimum absolute atomic E-state index is 0.0131. The van der Waals surface area contributed by atoms with E-state index in [2.05, 4.69) is 5.32 Å². The lowest BCUT2D eigenvalue weighted by molar-refractivity contribution is -0.128. The molecule has 5 rings (SSSR count). The summed E-state index contributed by atoms with van der Waals surface area (Å²) in [5.41, 5.74) is 0.680. The lowest BCUT2D eigenvalue weighted by Gasteiger charge is -2.20. The third-order valence-corrected chi connectivity index (χ3v) is 5.64. The Morgan fingerprint density at radius 1 is 1.38 bits per heavy atom. The minimum atomic E-state index is -0.411. The van der Waals surface area contributed by atoms with Crippen LogP contribution < -0.4 is 5.32 Å². The van der Waals surface area contributed by atoms with E-state index in [1.54, 1.807) is 0 Å². The monoisotopic (exact) mass is 285 g/mol. The van der Waals surface area contributed by atoms with Gasteiger partial charge < -0.3 is 10.4 Å². The Balaban J connectivity index is 1.44. The predicted octanol–water partition coefficient (Wildman–Crippen LogP) is 0.931. The van der Waals surface area contributed by atoms with Crippen LogP contribution in [0.5, 0.6) is 0 Å². The van der Waals surface area contributed by atoms with E-state index in [-0.39, 0.29) is 36.3 Å². The van der Waals surface area contributed by atoms with Gasteiger partial charge in [-0.05, 0) is 30.7 Å². The third kappa shape index (κ3) is 1.72. The molecule has 1 aromatic carbocycles. The summed E-state index contributed by atoms with van der Waals surface area (Å²) in [6.45, 7) is -0.0799. The van der Waals surface area contributed by atoms with Crippen LogP contribution in [0.3, 0.4) is 0 Å². The fraction of sp³-hybridized carbons (Fsp3) is 0.529. The number of rotatable bonds is 5. The number of aliphatic hydroxyl groups is 1. The molecule has 4 aliphatic carbocycles. The maximum absolute atomic E-state index is 12.6. The van der Waals surface area contributed by atoms with Gasteiger partial charge in [0.1, 0.15) is 5.78 Å². The molecule has 0 heterocycles. The molecule has 0 unspecified atom stereocenters. The number of nitrogens with one attached hydrogen (secondary N) is 1. The van der Waals surface area contributed by atoms with Crippen LogP contribution in [0, 0.1) is 23.2 Å². The third-order valence-electron chi connectivity index (χ3n) is 5.64. The molecule has 0 radical (unpaired) electrons. The Kier molecular flexibility index (Phi) is 2.73.